The summed E-state index contributed by atoms with van der Waals surface area (Å²) in [7, 11) is -3.50. The molecule has 1 heterocycles. The molecule has 0 bridgehead atoms. The van der Waals surface area contributed by atoms with Gasteiger partial charge in [0.05, 0.1) is 4.90 Å². The molecule has 100 valence electrons. The Balaban J connectivity index is 2.28. The molecule has 1 aromatic rings. The third kappa shape index (κ3) is 2.54. The van der Waals surface area contributed by atoms with Crippen molar-refractivity contribution >= 4 is 31.6 Å². The van der Waals surface area contributed by atoms with Gasteiger partial charge in [-0.3, -0.25) is 0 Å². The first-order valence-corrected chi connectivity index (χ1v) is 7.84. The molecule has 1 atom stereocenters. The number of nitrogen functional groups attached to an aromatic ring is 1. The maximum absolute atomic E-state index is 12.3. The number of hydrogen-bond donors (Lipinski definition) is 2. The number of anilines is 1. The molecule has 0 aliphatic carbocycles. The van der Waals surface area contributed by atoms with Crippen LogP contribution < -0.4 is 5.73 Å². The minimum Gasteiger partial charge on any atom is -0.398 e. The first kappa shape index (κ1) is 13.8. The van der Waals surface area contributed by atoms with Gasteiger partial charge in [-0.1, -0.05) is 0 Å². The molecule has 0 aromatic heterocycles. The van der Waals surface area contributed by atoms with E-state index in [1.165, 1.54) is 16.4 Å². The predicted octanol–water partition coefficient (Wildman–Crippen LogP) is 1.03. The quantitative estimate of drug-likeness (QED) is 0.809. The van der Waals surface area contributed by atoms with E-state index in [0.717, 1.165) is 0 Å². The van der Waals surface area contributed by atoms with Crippen LogP contribution in [-0.2, 0) is 10.0 Å². The summed E-state index contributed by atoms with van der Waals surface area (Å²) in [6.45, 7) is 0.840. The Bertz CT molecular complexity index is 547. The second-order valence-corrected chi connectivity index (χ2v) is 7.18. The van der Waals surface area contributed by atoms with E-state index >= 15 is 0 Å². The standard InChI is InChI=1S/C11H15BrN2O3S/c12-10-2-1-9(5-11(10)13)18(16,17)14-4-3-8(6-14)7-15/h1-2,5,8,15H,3-4,6-7,13H2. The molecule has 3 N–H and O–H groups in total. The summed E-state index contributed by atoms with van der Waals surface area (Å²) in [6, 6.07) is 4.61. The van der Waals surface area contributed by atoms with Crippen LogP contribution >= 0.6 is 15.9 Å². The van der Waals surface area contributed by atoms with Crippen LogP contribution in [0.3, 0.4) is 0 Å². The average Bonchev–Trinajstić information content (AvgIpc) is 2.81. The van der Waals surface area contributed by atoms with E-state index < -0.39 is 10.0 Å². The number of rotatable bonds is 3. The molecule has 18 heavy (non-hydrogen) atoms. The van der Waals surface area contributed by atoms with Gasteiger partial charge in [0.25, 0.3) is 0 Å². The molecule has 0 spiro atoms. The van der Waals surface area contributed by atoms with Gasteiger partial charge in [-0.15, -0.1) is 0 Å². The van der Waals surface area contributed by atoms with E-state index in [1.54, 1.807) is 6.07 Å². The van der Waals surface area contributed by atoms with Crippen molar-refractivity contribution in [3.63, 3.8) is 0 Å². The van der Waals surface area contributed by atoms with Crippen LogP contribution in [-0.4, -0.2) is 37.5 Å². The topological polar surface area (TPSA) is 83.6 Å². The van der Waals surface area contributed by atoms with Gasteiger partial charge >= 0.3 is 0 Å². The zero-order chi connectivity index (χ0) is 13.3. The molecule has 1 aromatic carbocycles. The minimum atomic E-state index is -3.50. The van der Waals surface area contributed by atoms with Crippen LogP contribution in [0.15, 0.2) is 27.6 Å². The van der Waals surface area contributed by atoms with Gasteiger partial charge in [0.15, 0.2) is 0 Å². The first-order valence-electron chi connectivity index (χ1n) is 5.61. The Kier molecular flexibility index (Phi) is 3.96. The number of aliphatic hydroxyl groups excluding tert-OH is 1. The number of sulfonamides is 1. The highest BCUT2D eigenvalue weighted by molar-refractivity contribution is 9.10. The number of nitrogens with zero attached hydrogens (tertiary/aromatic N) is 1. The monoisotopic (exact) mass is 334 g/mol. The van der Waals surface area contributed by atoms with Crippen molar-refractivity contribution in [1.82, 2.24) is 4.31 Å². The SMILES string of the molecule is Nc1cc(S(=O)(=O)N2CCC(CO)C2)ccc1Br. The Hall–Kier alpha value is -0.630. The second-order valence-electron chi connectivity index (χ2n) is 4.38. The largest absolute Gasteiger partial charge is 0.398 e. The van der Waals surface area contributed by atoms with Crippen LogP contribution in [0.25, 0.3) is 0 Å². The van der Waals surface area contributed by atoms with E-state index in [0.29, 0.717) is 29.7 Å². The summed E-state index contributed by atoms with van der Waals surface area (Å²) < 4.78 is 26.7. The molecule has 1 saturated heterocycles. The molecule has 0 saturated carbocycles. The number of nitrogens with two attached hydrogens (primary N) is 1. The van der Waals surface area contributed by atoms with Gasteiger partial charge in [-0.25, -0.2) is 8.42 Å². The minimum absolute atomic E-state index is 0.0223. The predicted molar refractivity (Wildman–Crippen MR) is 72.5 cm³/mol. The van der Waals surface area contributed by atoms with Crippen LogP contribution in [0.4, 0.5) is 5.69 Å². The van der Waals surface area contributed by atoms with Gasteiger partial charge in [0, 0.05) is 29.9 Å². The maximum atomic E-state index is 12.3. The zero-order valence-corrected chi connectivity index (χ0v) is 12.1. The zero-order valence-electron chi connectivity index (χ0n) is 9.71. The van der Waals surface area contributed by atoms with Crippen molar-refractivity contribution in [2.45, 2.75) is 11.3 Å². The highest BCUT2D eigenvalue weighted by atomic mass is 79.9. The number of halogens is 1. The van der Waals surface area contributed by atoms with Gasteiger partial charge in [0.2, 0.25) is 10.0 Å². The van der Waals surface area contributed by atoms with E-state index in [4.69, 9.17) is 10.8 Å². The number of hydrogen-bond acceptors (Lipinski definition) is 4. The number of aliphatic hydroxyl groups is 1. The molecule has 1 unspecified atom stereocenters. The summed E-state index contributed by atoms with van der Waals surface area (Å²) in [5.41, 5.74) is 6.10. The van der Waals surface area contributed by atoms with Gasteiger partial charge in [-0.05, 0) is 46.5 Å². The Morgan fingerprint density at radius 2 is 2.22 bits per heavy atom. The summed E-state index contributed by atoms with van der Waals surface area (Å²) >= 11 is 3.23. The van der Waals surface area contributed by atoms with Gasteiger partial charge in [-0.2, -0.15) is 4.31 Å². The third-order valence-corrected chi connectivity index (χ3v) is 5.70. The third-order valence-electron chi connectivity index (χ3n) is 3.11. The smallest absolute Gasteiger partial charge is 0.243 e. The van der Waals surface area contributed by atoms with Crippen LogP contribution in [0.1, 0.15) is 6.42 Å². The lowest BCUT2D eigenvalue weighted by molar-refractivity contribution is 0.233. The highest BCUT2D eigenvalue weighted by Crippen LogP contribution is 2.27. The lowest BCUT2D eigenvalue weighted by Crippen LogP contribution is -2.29. The summed E-state index contributed by atoms with van der Waals surface area (Å²) in [5, 5.41) is 9.05. The van der Waals surface area contributed by atoms with E-state index in [1.807, 2.05) is 0 Å². The van der Waals surface area contributed by atoms with Crippen LogP contribution in [0, 0.1) is 5.92 Å². The lowest BCUT2D eigenvalue weighted by atomic mass is 10.1. The van der Waals surface area contributed by atoms with E-state index in [2.05, 4.69) is 15.9 Å². The molecular formula is C11H15BrN2O3S. The van der Waals surface area contributed by atoms with E-state index in [-0.39, 0.29) is 17.4 Å². The molecule has 2 rings (SSSR count). The summed E-state index contributed by atoms with van der Waals surface area (Å²) in [6.07, 6.45) is 0.696. The first-order chi connectivity index (χ1) is 8.45. The fraction of sp³-hybridized carbons (Fsp3) is 0.455. The van der Waals surface area contributed by atoms with Crippen molar-refractivity contribution in [3.05, 3.63) is 22.7 Å². The highest BCUT2D eigenvalue weighted by Gasteiger charge is 2.32. The molecule has 0 amide bonds. The second kappa shape index (κ2) is 5.16. The molecule has 1 aliphatic rings. The normalized spacial score (nSPS) is 21.3. The van der Waals surface area contributed by atoms with E-state index in [9.17, 15) is 8.42 Å². The lowest BCUT2D eigenvalue weighted by Gasteiger charge is -2.16. The number of benzene rings is 1. The Labute approximate surface area is 115 Å². The van der Waals surface area contributed by atoms with Crippen molar-refractivity contribution in [3.8, 4) is 0 Å². The van der Waals surface area contributed by atoms with Crippen LogP contribution in [0.5, 0.6) is 0 Å². The van der Waals surface area contributed by atoms with Crippen molar-refractivity contribution in [2.75, 3.05) is 25.4 Å². The molecule has 1 aliphatic heterocycles. The molecule has 5 nitrogen and oxygen atoms in total. The molecule has 0 radical (unpaired) electrons. The Morgan fingerprint density at radius 3 is 2.78 bits per heavy atom. The Morgan fingerprint density at radius 1 is 1.50 bits per heavy atom. The molecule has 1 fully saturated rings. The molecular weight excluding hydrogens is 320 g/mol. The maximum Gasteiger partial charge on any atom is 0.243 e. The van der Waals surface area contributed by atoms with Crippen molar-refractivity contribution in [1.29, 1.82) is 0 Å². The summed E-state index contributed by atoms with van der Waals surface area (Å²) in [4.78, 5) is 0.196. The van der Waals surface area contributed by atoms with Crippen molar-refractivity contribution in [2.24, 2.45) is 5.92 Å². The average molecular weight is 335 g/mol. The van der Waals surface area contributed by atoms with Gasteiger partial charge in [0.1, 0.15) is 0 Å². The molecule has 7 heteroatoms. The fourth-order valence-corrected chi connectivity index (χ4v) is 3.81. The fourth-order valence-electron chi connectivity index (χ4n) is 2.00. The summed E-state index contributed by atoms with van der Waals surface area (Å²) in [5.74, 6) is 0.0348. The van der Waals surface area contributed by atoms with Gasteiger partial charge < -0.3 is 10.8 Å². The van der Waals surface area contributed by atoms with Crippen molar-refractivity contribution < 1.29 is 13.5 Å². The van der Waals surface area contributed by atoms with Crippen LogP contribution in [0.2, 0.25) is 0 Å².